The summed E-state index contributed by atoms with van der Waals surface area (Å²) in [5.41, 5.74) is 3.10. The molecule has 0 aliphatic carbocycles. The van der Waals surface area contributed by atoms with Crippen LogP contribution < -0.4 is 20.1 Å². The van der Waals surface area contributed by atoms with E-state index in [-0.39, 0.29) is 12.1 Å². The van der Waals surface area contributed by atoms with Gasteiger partial charge in [0.15, 0.2) is 11.5 Å². The number of hydrogen-bond donors (Lipinski definition) is 2. The molecule has 2 aromatic carbocycles. The third-order valence-corrected chi connectivity index (χ3v) is 4.70. The van der Waals surface area contributed by atoms with Gasteiger partial charge in [-0.15, -0.1) is 0 Å². The molecular formula is C21H23N5O3. The number of carbonyl (C=O) groups is 1. The average Bonchev–Trinajstić information content (AvgIpc) is 3.26. The van der Waals surface area contributed by atoms with Gasteiger partial charge in [-0.3, -0.25) is 0 Å². The summed E-state index contributed by atoms with van der Waals surface area (Å²) in [5.74, 6) is 1.46. The molecule has 150 valence electrons. The van der Waals surface area contributed by atoms with Gasteiger partial charge in [-0.1, -0.05) is 30.3 Å². The Balaban J connectivity index is 1.27. The SMILES string of the molecule is CC(NC(=O)NCc1ccc(Cn2cncn2)cc1)c1ccc2c(c1)OCCO2. The van der Waals surface area contributed by atoms with Crippen LogP contribution in [0, 0.1) is 0 Å². The minimum atomic E-state index is -0.223. The highest BCUT2D eigenvalue weighted by molar-refractivity contribution is 5.74. The topological polar surface area (TPSA) is 90.3 Å². The Morgan fingerprint density at radius 3 is 2.62 bits per heavy atom. The molecule has 1 aliphatic rings. The predicted octanol–water partition coefficient (Wildman–Crippen LogP) is 2.66. The van der Waals surface area contributed by atoms with Gasteiger partial charge in [-0.05, 0) is 35.7 Å². The Bertz CT molecular complexity index is 957. The maximum absolute atomic E-state index is 12.3. The van der Waals surface area contributed by atoms with E-state index < -0.39 is 0 Å². The van der Waals surface area contributed by atoms with Crippen molar-refractivity contribution >= 4 is 6.03 Å². The number of hydrogen-bond acceptors (Lipinski definition) is 5. The molecule has 1 aromatic heterocycles. The number of benzene rings is 2. The first-order valence-electron chi connectivity index (χ1n) is 9.51. The molecule has 0 fully saturated rings. The first kappa shape index (κ1) is 18.8. The summed E-state index contributed by atoms with van der Waals surface area (Å²) >= 11 is 0. The van der Waals surface area contributed by atoms with Gasteiger partial charge in [0.05, 0.1) is 12.6 Å². The Hall–Kier alpha value is -3.55. The van der Waals surface area contributed by atoms with Gasteiger partial charge >= 0.3 is 6.03 Å². The second-order valence-electron chi connectivity index (χ2n) is 6.86. The fraction of sp³-hybridized carbons (Fsp3) is 0.286. The number of aromatic nitrogens is 3. The lowest BCUT2D eigenvalue weighted by atomic mass is 10.1. The van der Waals surface area contributed by atoms with Gasteiger partial charge in [-0.25, -0.2) is 14.5 Å². The lowest BCUT2D eigenvalue weighted by Gasteiger charge is -2.21. The average molecular weight is 393 g/mol. The summed E-state index contributed by atoms with van der Waals surface area (Å²) in [7, 11) is 0. The highest BCUT2D eigenvalue weighted by Crippen LogP contribution is 2.32. The Morgan fingerprint density at radius 1 is 1.10 bits per heavy atom. The number of carbonyl (C=O) groups excluding carboxylic acids is 1. The Kier molecular flexibility index (Phi) is 5.60. The standard InChI is InChI=1S/C21H23N5O3/c1-15(18-6-7-19-20(10-18)29-9-8-28-19)25-21(27)23-11-16-2-4-17(5-3-16)12-26-14-22-13-24-26/h2-7,10,13-15H,8-9,11-12H2,1H3,(H2,23,25,27). The third-order valence-electron chi connectivity index (χ3n) is 4.70. The molecule has 8 nitrogen and oxygen atoms in total. The zero-order valence-electron chi connectivity index (χ0n) is 16.2. The van der Waals surface area contributed by atoms with Crippen LogP contribution in [0.2, 0.25) is 0 Å². The molecule has 0 radical (unpaired) electrons. The van der Waals surface area contributed by atoms with E-state index in [1.807, 2.05) is 49.4 Å². The molecule has 0 spiro atoms. The monoisotopic (exact) mass is 393 g/mol. The van der Waals surface area contributed by atoms with Crippen LogP contribution in [0.4, 0.5) is 4.79 Å². The lowest BCUT2D eigenvalue weighted by molar-refractivity contribution is 0.171. The van der Waals surface area contributed by atoms with Crippen molar-refractivity contribution in [2.75, 3.05) is 13.2 Å². The van der Waals surface area contributed by atoms with Crippen LogP contribution in [0.1, 0.15) is 29.7 Å². The smallest absolute Gasteiger partial charge is 0.315 e. The molecule has 3 aromatic rings. The van der Waals surface area contributed by atoms with Crippen molar-refractivity contribution in [1.82, 2.24) is 25.4 Å². The maximum atomic E-state index is 12.3. The summed E-state index contributed by atoms with van der Waals surface area (Å²) in [6.45, 7) is 4.15. The lowest BCUT2D eigenvalue weighted by Crippen LogP contribution is -2.36. The van der Waals surface area contributed by atoms with Crippen LogP contribution in [-0.2, 0) is 13.1 Å². The van der Waals surface area contributed by atoms with E-state index in [4.69, 9.17) is 9.47 Å². The first-order valence-corrected chi connectivity index (χ1v) is 9.51. The van der Waals surface area contributed by atoms with Gasteiger partial charge in [0, 0.05) is 6.54 Å². The van der Waals surface area contributed by atoms with Gasteiger partial charge < -0.3 is 20.1 Å². The maximum Gasteiger partial charge on any atom is 0.315 e. The van der Waals surface area contributed by atoms with E-state index in [0.29, 0.717) is 32.1 Å². The molecule has 2 N–H and O–H groups in total. The van der Waals surface area contributed by atoms with Crippen LogP contribution in [0.15, 0.2) is 55.1 Å². The van der Waals surface area contributed by atoms with E-state index in [9.17, 15) is 4.79 Å². The van der Waals surface area contributed by atoms with Crippen LogP contribution >= 0.6 is 0 Å². The van der Waals surface area contributed by atoms with Crippen molar-refractivity contribution in [2.45, 2.75) is 26.1 Å². The van der Waals surface area contributed by atoms with Gasteiger partial charge in [0.2, 0.25) is 0 Å². The van der Waals surface area contributed by atoms with Crippen LogP contribution in [0.5, 0.6) is 11.5 Å². The minimum absolute atomic E-state index is 0.157. The molecule has 0 saturated heterocycles. The Labute approximate surface area is 168 Å². The number of rotatable bonds is 6. The summed E-state index contributed by atoms with van der Waals surface area (Å²) in [6, 6.07) is 13.4. The number of fused-ring (bicyclic) bond motifs is 1. The molecule has 1 aliphatic heterocycles. The van der Waals surface area contributed by atoms with E-state index in [1.165, 1.54) is 6.33 Å². The molecule has 29 heavy (non-hydrogen) atoms. The van der Waals surface area contributed by atoms with E-state index in [1.54, 1.807) is 11.0 Å². The summed E-state index contributed by atoms with van der Waals surface area (Å²) in [6.07, 6.45) is 3.20. The molecule has 1 atom stereocenters. The predicted molar refractivity (Wildman–Crippen MR) is 107 cm³/mol. The zero-order valence-corrected chi connectivity index (χ0v) is 16.2. The summed E-state index contributed by atoms with van der Waals surface area (Å²) < 4.78 is 12.9. The normalized spacial score (nSPS) is 13.6. The number of amides is 2. The number of nitrogens with zero attached hydrogens (tertiary/aromatic N) is 3. The largest absolute Gasteiger partial charge is 0.486 e. The summed E-state index contributed by atoms with van der Waals surface area (Å²) in [5, 5.41) is 9.94. The highest BCUT2D eigenvalue weighted by atomic mass is 16.6. The third kappa shape index (κ3) is 4.84. The zero-order chi connectivity index (χ0) is 20.1. The number of nitrogens with one attached hydrogen (secondary N) is 2. The van der Waals surface area contributed by atoms with Crippen LogP contribution in [0.25, 0.3) is 0 Å². The number of urea groups is 1. The van der Waals surface area contributed by atoms with Crippen molar-refractivity contribution in [2.24, 2.45) is 0 Å². The fourth-order valence-corrected chi connectivity index (χ4v) is 3.11. The molecule has 0 bridgehead atoms. The molecule has 1 unspecified atom stereocenters. The molecule has 4 rings (SSSR count). The van der Waals surface area contributed by atoms with Gasteiger partial charge in [-0.2, -0.15) is 5.10 Å². The van der Waals surface area contributed by atoms with Crippen molar-refractivity contribution in [3.63, 3.8) is 0 Å². The minimum Gasteiger partial charge on any atom is -0.486 e. The molecule has 8 heteroatoms. The molecule has 2 amide bonds. The van der Waals surface area contributed by atoms with Crippen molar-refractivity contribution < 1.29 is 14.3 Å². The van der Waals surface area contributed by atoms with Crippen molar-refractivity contribution in [3.8, 4) is 11.5 Å². The van der Waals surface area contributed by atoms with E-state index in [0.717, 1.165) is 22.4 Å². The number of ether oxygens (including phenoxy) is 2. The highest BCUT2D eigenvalue weighted by Gasteiger charge is 2.15. The Morgan fingerprint density at radius 2 is 1.86 bits per heavy atom. The van der Waals surface area contributed by atoms with Crippen LogP contribution in [0.3, 0.4) is 0 Å². The second kappa shape index (κ2) is 8.64. The molecule has 2 heterocycles. The van der Waals surface area contributed by atoms with Crippen molar-refractivity contribution in [3.05, 3.63) is 71.8 Å². The molecule has 0 saturated carbocycles. The van der Waals surface area contributed by atoms with Gasteiger partial charge in [0.1, 0.15) is 25.9 Å². The summed E-state index contributed by atoms with van der Waals surface area (Å²) in [4.78, 5) is 16.2. The van der Waals surface area contributed by atoms with Gasteiger partial charge in [0.25, 0.3) is 0 Å². The van der Waals surface area contributed by atoms with Crippen LogP contribution in [-0.4, -0.2) is 34.0 Å². The first-order chi connectivity index (χ1) is 14.2. The fourth-order valence-electron chi connectivity index (χ4n) is 3.11. The quantitative estimate of drug-likeness (QED) is 0.672. The van der Waals surface area contributed by atoms with Crippen molar-refractivity contribution in [1.29, 1.82) is 0 Å². The van der Waals surface area contributed by atoms with E-state index >= 15 is 0 Å². The van der Waals surface area contributed by atoms with E-state index in [2.05, 4.69) is 20.7 Å². The molecular weight excluding hydrogens is 370 g/mol. The second-order valence-corrected chi connectivity index (χ2v) is 6.86.